The van der Waals surface area contributed by atoms with E-state index in [0.29, 0.717) is 6.07 Å². The molecule has 0 aromatic heterocycles. The third kappa shape index (κ3) is 2.91. The molecule has 0 amide bonds. The number of carboxylic acids is 1. The van der Waals surface area contributed by atoms with Gasteiger partial charge in [0.25, 0.3) is 10.1 Å². The van der Waals surface area contributed by atoms with Crippen LogP contribution >= 0.6 is 0 Å². The Labute approximate surface area is 167 Å². The van der Waals surface area contributed by atoms with Crippen molar-refractivity contribution in [2.75, 3.05) is 0 Å². The van der Waals surface area contributed by atoms with E-state index in [0.717, 1.165) is 18.2 Å². The number of fused-ring (bicyclic) bond motifs is 2. The summed E-state index contributed by atoms with van der Waals surface area (Å²) < 4.78 is 31.5. The van der Waals surface area contributed by atoms with Crippen molar-refractivity contribution >= 4 is 27.7 Å². The summed E-state index contributed by atoms with van der Waals surface area (Å²) >= 11 is 0. The molecule has 2 aromatic rings. The van der Waals surface area contributed by atoms with E-state index < -0.39 is 71.9 Å². The van der Waals surface area contributed by atoms with E-state index in [-0.39, 0.29) is 29.6 Å². The number of phenols is 2. The van der Waals surface area contributed by atoms with Gasteiger partial charge >= 0.3 is 29.6 Å². The van der Waals surface area contributed by atoms with Crippen LogP contribution in [0.1, 0.15) is 42.2 Å². The molecule has 0 atom stereocenters. The maximum atomic E-state index is 12.5. The first-order chi connectivity index (χ1) is 11.5. The smallest absolute Gasteiger partial charge is 0.545 e. The van der Waals surface area contributed by atoms with Crippen LogP contribution in [0.4, 0.5) is 0 Å². The molecule has 9 nitrogen and oxygen atoms in total. The average molecular weight is 386 g/mol. The first-order valence-electron chi connectivity index (χ1n) is 6.55. The van der Waals surface area contributed by atoms with Gasteiger partial charge in [0.15, 0.2) is 5.78 Å². The van der Waals surface area contributed by atoms with Crippen LogP contribution in [0.25, 0.3) is 0 Å². The Balaban J connectivity index is 0.00000243. The van der Waals surface area contributed by atoms with Crippen molar-refractivity contribution in [1.29, 1.82) is 0 Å². The molecule has 0 unspecified atom stereocenters. The van der Waals surface area contributed by atoms with E-state index in [1.807, 2.05) is 0 Å². The Morgan fingerprint density at radius 2 is 1.58 bits per heavy atom. The molecule has 0 bridgehead atoms. The number of hydrogen-bond donors (Lipinski definition) is 3. The van der Waals surface area contributed by atoms with Crippen molar-refractivity contribution in [3.05, 3.63) is 52.1 Å². The fourth-order valence-electron chi connectivity index (χ4n) is 2.63. The van der Waals surface area contributed by atoms with Gasteiger partial charge in [-0.2, -0.15) is 8.42 Å². The minimum atomic E-state index is -4.88. The van der Waals surface area contributed by atoms with Gasteiger partial charge in [0.1, 0.15) is 16.4 Å². The average Bonchev–Trinajstić information content (AvgIpc) is 2.50. The van der Waals surface area contributed by atoms with Crippen LogP contribution in [0.5, 0.6) is 11.5 Å². The Bertz CT molecular complexity index is 1100. The van der Waals surface area contributed by atoms with Gasteiger partial charge in [-0.3, -0.25) is 14.1 Å². The molecule has 3 rings (SSSR count). The second-order valence-electron chi connectivity index (χ2n) is 5.17. The first kappa shape index (κ1) is 20.1. The Morgan fingerprint density at radius 3 is 2.12 bits per heavy atom. The van der Waals surface area contributed by atoms with E-state index >= 15 is 0 Å². The second-order valence-corrected chi connectivity index (χ2v) is 6.56. The van der Waals surface area contributed by atoms with Gasteiger partial charge in [-0.25, -0.2) is 0 Å². The van der Waals surface area contributed by atoms with Gasteiger partial charge < -0.3 is 20.1 Å². The van der Waals surface area contributed by atoms with Crippen molar-refractivity contribution in [2.24, 2.45) is 0 Å². The quantitative estimate of drug-likeness (QED) is 0.299. The molecule has 0 saturated heterocycles. The summed E-state index contributed by atoms with van der Waals surface area (Å²) in [4.78, 5) is 35.0. The molecular formula is C15H7NaO9S. The monoisotopic (exact) mass is 386 g/mol. The van der Waals surface area contributed by atoms with E-state index in [2.05, 4.69) is 0 Å². The SMILES string of the molecule is O=C([O-])c1cc(O)c2c(c1)C(=O)c1ccc(S(=O)(=O)O)c(O)c1C2=O.[Na+]. The number of phenolic OH excluding ortho intramolecular Hbond substituents is 2. The van der Waals surface area contributed by atoms with Crippen LogP contribution in [-0.2, 0) is 10.1 Å². The molecule has 0 aliphatic heterocycles. The Morgan fingerprint density at radius 1 is 0.962 bits per heavy atom. The Hall–Kier alpha value is -2.24. The fraction of sp³-hybridized carbons (Fsp3) is 0. The molecule has 0 fully saturated rings. The molecule has 1 aliphatic rings. The molecule has 0 radical (unpaired) electrons. The predicted octanol–water partition coefficient (Wildman–Crippen LogP) is -3.51. The van der Waals surface area contributed by atoms with Crippen molar-refractivity contribution in [1.82, 2.24) is 0 Å². The molecule has 0 heterocycles. The standard InChI is InChI=1S/C15H8O9S.Na/c16-8-4-5(15(20)21)3-7-10(8)14(19)11-6(12(7)17)1-2-9(13(11)18)25(22,23)24;/h1-4,16,18H,(H,20,21)(H,22,23,24);/q;+1/p-1. The molecule has 3 N–H and O–H groups in total. The van der Waals surface area contributed by atoms with Gasteiger partial charge in [-0.1, -0.05) is 0 Å². The van der Waals surface area contributed by atoms with E-state index in [1.165, 1.54) is 0 Å². The molecule has 1 aliphatic carbocycles. The number of rotatable bonds is 2. The predicted molar refractivity (Wildman–Crippen MR) is 77.2 cm³/mol. The van der Waals surface area contributed by atoms with Gasteiger partial charge in [-0.15, -0.1) is 0 Å². The summed E-state index contributed by atoms with van der Waals surface area (Å²) in [6.45, 7) is 0. The summed E-state index contributed by atoms with van der Waals surface area (Å²) in [6.07, 6.45) is 0. The molecule has 128 valence electrons. The van der Waals surface area contributed by atoms with E-state index in [1.54, 1.807) is 0 Å². The number of ketones is 2. The van der Waals surface area contributed by atoms with Crippen molar-refractivity contribution in [2.45, 2.75) is 4.90 Å². The van der Waals surface area contributed by atoms with Gasteiger partial charge in [-0.05, 0) is 24.3 Å². The number of carboxylic acid groups (broad SMARTS) is 1. The zero-order valence-corrected chi connectivity index (χ0v) is 15.8. The third-order valence-electron chi connectivity index (χ3n) is 3.72. The number of hydrogen-bond acceptors (Lipinski definition) is 8. The van der Waals surface area contributed by atoms with Crippen molar-refractivity contribution in [3.8, 4) is 11.5 Å². The molecule has 0 spiro atoms. The van der Waals surface area contributed by atoms with Crippen LogP contribution in [0.15, 0.2) is 29.2 Å². The van der Waals surface area contributed by atoms with E-state index in [9.17, 15) is 38.1 Å². The second kappa shape index (κ2) is 6.49. The summed E-state index contributed by atoms with van der Waals surface area (Å²) in [5.74, 6) is -5.70. The van der Waals surface area contributed by atoms with E-state index in [4.69, 9.17) is 4.55 Å². The van der Waals surface area contributed by atoms with Crippen LogP contribution in [-0.4, -0.2) is 40.7 Å². The number of benzene rings is 2. The van der Waals surface area contributed by atoms with Gasteiger partial charge in [0.05, 0.1) is 17.1 Å². The number of aromatic hydroxyl groups is 2. The van der Waals surface area contributed by atoms with Gasteiger partial charge in [0.2, 0.25) is 5.78 Å². The largest absolute Gasteiger partial charge is 1.00 e. The summed E-state index contributed by atoms with van der Waals surface area (Å²) in [5.41, 5.74) is -2.69. The molecule has 11 heteroatoms. The minimum absolute atomic E-state index is 0. The number of aromatic carboxylic acids is 1. The molecule has 2 aromatic carbocycles. The molecular weight excluding hydrogens is 379 g/mol. The topological polar surface area (TPSA) is 169 Å². The molecule has 0 saturated carbocycles. The minimum Gasteiger partial charge on any atom is -0.545 e. The first-order valence-corrected chi connectivity index (χ1v) is 7.99. The summed E-state index contributed by atoms with van der Waals surface area (Å²) in [6, 6.07) is 3.14. The van der Waals surface area contributed by atoms with Crippen molar-refractivity contribution in [3.63, 3.8) is 0 Å². The number of carbonyl (C=O) groups excluding carboxylic acids is 3. The third-order valence-corrected chi connectivity index (χ3v) is 4.60. The fourth-order valence-corrected chi connectivity index (χ4v) is 3.22. The normalized spacial score (nSPS) is 12.8. The zero-order chi connectivity index (χ0) is 18.7. The van der Waals surface area contributed by atoms with Crippen LogP contribution in [0, 0.1) is 0 Å². The summed E-state index contributed by atoms with van der Waals surface area (Å²) in [5, 5.41) is 30.9. The molecule has 26 heavy (non-hydrogen) atoms. The maximum Gasteiger partial charge on any atom is 1.00 e. The zero-order valence-electron chi connectivity index (χ0n) is 13.0. The van der Waals surface area contributed by atoms with Crippen LogP contribution in [0.3, 0.4) is 0 Å². The Kier molecular flexibility index (Phi) is 5.01. The van der Waals surface area contributed by atoms with Crippen molar-refractivity contribution < 1.29 is 72.2 Å². The number of carbonyl (C=O) groups is 3. The van der Waals surface area contributed by atoms with Gasteiger partial charge in [0, 0.05) is 16.7 Å². The summed E-state index contributed by atoms with van der Waals surface area (Å²) in [7, 11) is -4.88. The van der Waals surface area contributed by atoms with Crippen LogP contribution in [0.2, 0.25) is 0 Å². The van der Waals surface area contributed by atoms with Crippen LogP contribution < -0.4 is 34.7 Å². The maximum absolute atomic E-state index is 12.5.